The van der Waals surface area contributed by atoms with Crippen LogP contribution in [-0.2, 0) is 22.2 Å². The van der Waals surface area contributed by atoms with E-state index in [0.717, 1.165) is 132 Å². The van der Waals surface area contributed by atoms with Crippen LogP contribution in [0.1, 0.15) is 66.8 Å². The Bertz CT molecular complexity index is 7350. The molecule has 20 aromatic carbocycles. The number of fused-ring (bicyclic) bond motifs is 28. The molecule has 0 unspecified atom stereocenters. The second-order valence-corrected chi connectivity index (χ2v) is 34.2. The molecule has 20 aromatic rings. The van der Waals surface area contributed by atoms with Gasteiger partial charge >= 0.3 is 0 Å². The van der Waals surface area contributed by atoms with Crippen molar-refractivity contribution in [1.29, 1.82) is 0 Å². The number of halogens is 2. The highest BCUT2D eigenvalue weighted by atomic mass is 35.5. The second kappa shape index (κ2) is 30.2. The smallest absolute Gasteiger partial charge is 0.162 e. The van der Waals surface area contributed by atoms with Crippen LogP contribution < -0.4 is 43.4 Å². The summed E-state index contributed by atoms with van der Waals surface area (Å²) in [6, 6.07) is 156. The van der Waals surface area contributed by atoms with Crippen LogP contribution in [0.15, 0.2) is 437 Å². The van der Waals surface area contributed by atoms with Crippen molar-refractivity contribution in [2.75, 3.05) is 43.4 Å². The predicted octanol–water partition coefficient (Wildman–Crippen LogP) is 29.5. The van der Waals surface area contributed by atoms with E-state index in [1.807, 2.05) is 60.7 Å². The van der Waals surface area contributed by atoms with Crippen molar-refractivity contribution in [3.8, 4) is 44.5 Å². The lowest BCUT2D eigenvalue weighted by Gasteiger charge is -2.38. The fraction of sp³-hybridized carbons (Fsp3) is 0.0345. The van der Waals surface area contributed by atoms with Gasteiger partial charge in [-0.3, -0.25) is 0 Å². The first-order valence-corrected chi connectivity index (χ1v) is 43.5. The molecule has 0 radical (unpaired) electrons. The van der Waals surface area contributed by atoms with E-state index >= 15 is 0 Å². The van der Waals surface area contributed by atoms with E-state index < -0.39 is 22.2 Å². The van der Waals surface area contributed by atoms with Crippen LogP contribution in [0.3, 0.4) is 0 Å². The molecule has 4 bridgehead atoms. The molecule has 4 aliphatic carbocycles. The van der Waals surface area contributed by atoms with E-state index in [4.69, 9.17) is 34.7 Å². The normalized spacial score (nSPS) is 14.0. The summed E-state index contributed by atoms with van der Waals surface area (Å²) in [5.74, 6) is 0. The van der Waals surface area contributed by atoms with Crippen LogP contribution in [0.5, 0.6) is 0 Å². The van der Waals surface area contributed by atoms with Gasteiger partial charge in [0, 0.05) is 43.7 Å². The summed E-state index contributed by atoms with van der Waals surface area (Å²) in [5.41, 5.74) is 43.8. The summed E-state index contributed by atoms with van der Waals surface area (Å²) < 4.78 is 0. The Hall–Kier alpha value is -15.6. The molecule has 10 N–H and O–H groups in total. The van der Waals surface area contributed by atoms with Crippen molar-refractivity contribution >= 4 is 123 Å². The molecule has 1 heterocycles. The van der Waals surface area contributed by atoms with Gasteiger partial charge in [0.05, 0.1) is 56.3 Å². The third-order valence-corrected chi connectivity index (χ3v) is 26.8. The first-order valence-electron chi connectivity index (χ1n) is 42.8. The van der Waals surface area contributed by atoms with Gasteiger partial charge in [0.25, 0.3) is 0 Å². The first kappa shape index (κ1) is 75.4. The molecule has 0 aromatic heterocycles. The Balaban J connectivity index is 0.000000120. The van der Waals surface area contributed by atoms with Gasteiger partial charge in [-0.05, 0) is 229 Å². The van der Waals surface area contributed by atoms with E-state index in [9.17, 15) is 0 Å². The molecule has 8 nitrogen and oxygen atoms in total. The topological polar surface area (TPSA) is 124 Å². The average Bonchev–Trinajstić information content (AvgIpc) is 1.54. The predicted molar refractivity (Wildman–Crippen MR) is 529 cm³/mol. The van der Waals surface area contributed by atoms with E-state index in [1.54, 1.807) is 0 Å². The van der Waals surface area contributed by atoms with Crippen LogP contribution in [0.4, 0.5) is 56.9 Å². The minimum absolute atomic E-state index is 0.441. The molecule has 1 aliphatic heterocycles. The molecule has 126 heavy (non-hydrogen) atoms. The number of nitrogens with two attached hydrogens (primary N) is 2. The Labute approximate surface area is 741 Å². The van der Waals surface area contributed by atoms with Crippen molar-refractivity contribution in [2.24, 2.45) is 0 Å². The molecule has 25 rings (SSSR count). The highest BCUT2D eigenvalue weighted by molar-refractivity contribution is 6.31. The number of hydrogen-bond acceptors (Lipinski definition) is 8. The van der Waals surface area contributed by atoms with Crippen LogP contribution in [-0.4, -0.2) is 0 Å². The number of nitrogens with one attached hydrogen (secondary N) is 6. The van der Waals surface area contributed by atoms with Gasteiger partial charge < -0.3 is 43.4 Å². The van der Waals surface area contributed by atoms with Crippen LogP contribution in [0.25, 0.3) is 87.6 Å². The number of hydrogen-bond donors (Lipinski definition) is 8. The monoisotopic (exact) mass is 1660 g/mol. The van der Waals surface area contributed by atoms with Crippen LogP contribution in [0, 0.1) is 0 Å². The van der Waals surface area contributed by atoms with E-state index in [1.165, 1.54) is 77.9 Å². The Morgan fingerprint density at radius 2 is 0.460 bits per heavy atom. The summed E-state index contributed by atoms with van der Waals surface area (Å²) in [6.45, 7) is 0. The SMILES string of the molecule is Clc1cccc(C2(c3cccc(Cl)c3)c3ccccc3-c3ccccc32)c1.Nc1cc2ccccc2cc1NC1(Nc2cc3ccccc3cc2N)c2ccccc2-c2ccccc21.c1cc2cc(c1)C1(c3cccc(c3)Nc3cc4ccccc4cc3NC3(Nc4cc5ccccc5cc4N2)c2ccccc2-c2ccccc23)c2ccccc2-c2ccccc21. The van der Waals surface area contributed by atoms with Crippen molar-refractivity contribution in [3.05, 3.63) is 514 Å². The Morgan fingerprint density at radius 3 is 0.786 bits per heavy atom. The van der Waals surface area contributed by atoms with Crippen molar-refractivity contribution in [3.63, 3.8) is 0 Å². The summed E-state index contributed by atoms with van der Waals surface area (Å²) in [6.07, 6.45) is 0. The molecule has 600 valence electrons. The van der Waals surface area contributed by atoms with Crippen molar-refractivity contribution < 1.29 is 0 Å². The van der Waals surface area contributed by atoms with Gasteiger partial charge in [-0.2, -0.15) is 0 Å². The number of rotatable bonds is 6. The number of anilines is 10. The van der Waals surface area contributed by atoms with Crippen molar-refractivity contribution in [1.82, 2.24) is 0 Å². The summed E-state index contributed by atoms with van der Waals surface area (Å²) in [7, 11) is 0. The van der Waals surface area contributed by atoms with Gasteiger partial charge in [-0.25, -0.2) is 0 Å². The molecular formula is C116H82Cl2N8. The molecule has 5 aliphatic rings. The highest BCUT2D eigenvalue weighted by Gasteiger charge is 2.50. The minimum Gasteiger partial charge on any atom is -0.397 e. The van der Waals surface area contributed by atoms with Crippen LogP contribution >= 0.6 is 23.2 Å². The van der Waals surface area contributed by atoms with Gasteiger partial charge in [0.2, 0.25) is 0 Å². The van der Waals surface area contributed by atoms with E-state index in [-0.39, 0.29) is 0 Å². The molecule has 10 heteroatoms. The van der Waals surface area contributed by atoms with Crippen LogP contribution in [0.2, 0.25) is 10.0 Å². The standard InChI is InChI=1S/C58H40N4.C33H26N4.C25H16Cl2/c1-3-17-39-33-55-53(31-37(39)15-1)59-43-21-13-19-41(35-43)57(49-27-9-5-23-45(49)46-24-6-10-28-50(46)57)42-20-14-22-44(36-42)60-54-32-38-16-2-4-18-40(38)34-56(54)62-58(61-55)51-29-11-7-25-47(51)48-26-8-12-30-52(48)58;34-29-17-21-9-1-3-11-23(21)19-31(29)36-33(37-32-20-24-12-4-2-10-22(24)18-30(32)35)27-15-7-5-13-25(27)26-14-6-8-16-28(26)33;26-19-9-5-7-17(15-19)25(18-8-6-10-20(27)16-18)23-13-3-1-11-21(23)22-12-2-4-14-24(22)25/h1-36,59-62H;1-20,36-37H,34-35H2;1-16H. The quantitative estimate of drug-likeness (QED) is 0.0612. The lowest BCUT2D eigenvalue weighted by Crippen LogP contribution is -2.43. The molecule has 0 atom stereocenters. The fourth-order valence-corrected chi connectivity index (χ4v) is 21.3. The lowest BCUT2D eigenvalue weighted by molar-refractivity contribution is 0.701. The third kappa shape index (κ3) is 12.2. The molecule has 0 amide bonds. The Kier molecular flexibility index (Phi) is 18.1. The maximum absolute atomic E-state index is 6.65. The zero-order valence-electron chi connectivity index (χ0n) is 68.5. The lowest BCUT2D eigenvalue weighted by atomic mass is 9.67. The summed E-state index contributed by atoms with van der Waals surface area (Å²) >= 11 is 12.9. The van der Waals surface area contributed by atoms with Gasteiger partial charge in [0.15, 0.2) is 11.3 Å². The maximum Gasteiger partial charge on any atom is 0.162 e. The molecule has 0 fully saturated rings. The fourth-order valence-electron chi connectivity index (χ4n) is 21.0. The largest absolute Gasteiger partial charge is 0.397 e. The summed E-state index contributed by atoms with van der Waals surface area (Å²) in [5, 5.41) is 34.7. The van der Waals surface area contributed by atoms with Crippen molar-refractivity contribution in [2.45, 2.75) is 22.2 Å². The van der Waals surface area contributed by atoms with E-state index in [0.29, 0.717) is 11.4 Å². The number of nitrogen functional groups attached to an aromatic ring is 2. The summed E-state index contributed by atoms with van der Waals surface area (Å²) in [4.78, 5) is 0. The molecule has 0 saturated carbocycles. The molecule has 0 saturated heterocycles. The molecular weight excluding hydrogens is 1580 g/mol. The second-order valence-electron chi connectivity index (χ2n) is 33.4. The Morgan fingerprint density at radius 1 is 0.214 bits per heavy atom. The zero-order valence-corrected chi connectivity index (χ0v) is 70.0. The third-order valence-electron chi connectivity index (χ3n) is 26.4. The highest BCUT2D eigenvalue weighted by Crippen LogP contribution is 2.60. The van der Waals surface area contributed by atoms with Gasteiger partial charge in [0.1, 0.15) is 0 Å². The van der Waals surface area contributed by atoms with Gasteiger partial charge in [-0.15, -0.1) is 0 Å². The number of benzene rings is 20. The molecule has 2 spiro atoms. The van der Waals surface area contributed by atoms with E-state index in [2.05, 4.69) is 408 Å². The van der Waals surface area contributed by atoms with Gasteiger partial charge in [-0.1, -0.05) is 363 Å². The minimum atomic E-state index is -0.868. The average molecular weight is 1660 g/mol. The first-order chi connectivity index (χ1) is 62.0. The zero-order chi connectivity index (χ0) is 84.2. The maximum atomic E-state index is 6.65.